The fourth-order valence-electron chi connectivity index (χ4n) is 3.14. The van der Waals surface area contributed by atoms with Gasteiger partial charge in [0.2, 0.25) is 0 Å². The second-order valence-electron chi connectivity index (χ2n) is 6.21. The van der Waals surface area contributed by atoms with Crippen LogP contribution in [-0.2, 0) is 4.79 Å². The molecule has 4 rings (SSSR count). The number of aryl methyl sites for hydroxylation is 2. The van der Waals surface area contributed by atoms with Crippen LogP contribution in [0, 0.1) is 13.8 Å². The van der Waals surface area contributed by atoms with Crippen molar-refractivity contribution < 1.29 is 9.53 Å². The van der Waals surface area contributed by atoms with Crippen molar-refractivity contribution >= 4 is 39.4 Å². The molecule has 0 unspecified atom stereocenters. The molecule has 0 radical (unpaired) electrons. The lowest BCUT2D eigenvalue weighted by atomic mass is 10.1. The zero-order valence-corrected chi connectivity index (χ0v) is 15.4. The van der Waals surface area contributed by atoms with E-state index in [1.165, 1.54) is 18.3 Å². The monoisotopic (exact) mass is 364 g/mol. The molecule has 130 valence electrons. The molecule has 0 aliphatic heterocycles. The van der Waals surface area contributed by atoms with Gasteiger partial charge in [-0.3, -0.25) is 9.59 Å². The largest absolute Gasteiger partial charge is 0.426 e. The Morgan fingerprint density at radius 3 is 2.58 bits per heavy atom. The van der Waals surface area contributed by atoms with Gasteiger partial charge in [0.15, 0.2) is 4.96 Å². The molecule has 26 heavy (non-hydrogen) atoms. The zero-order valence-electron chi connectivity index (χ0n) is 14.6. The number of fused-ring (bicyclic) bond motifs is 3. The Morgan fingerprint density at radius 1 is 1.19 bits per heavy atom. The number of aromatic nitrogens is 2. The molecule has 2 aromatic heterocycles. The quantitative estimate of drug-likeness (QED) is 0.405. The first-order valence-corrected chi connectivity index (χ1v) is 8.97. The summed E-state index contributed by atoms with van der Waals surface area (Å²) in [5.41, 5.74) is 4.16. The molecule has 0 saturated heterocycles. The van der Waals surface area contributed by atoms with Crippen molar-refractivity contribution in [3.8, 4) is 5.75 Å². The molecule has 2 aromatic carbocycles. The van der Waals surface area contributed by atoms with Crippen LogP contribution in [0.2, 0.25) is 0 Å². The lowest BCUT2D eigenvalue weighted by Gasteiger charge is -2.10. The maximum atomic E-state index is 12.8. The van der Waals surface area contributed by atoms with Gasteiger partial charge in [-0.15, -0.1) is 0 Å². The van der Waals surface area contributed by atoms with Crippen LogP contribution in [0.15, 0.2) is 41.2 Å². The molecular weight excluding hydrogens is 348 g/mol. The van der Waals surface area contributed by atoms with Crippen molar-refractivity contribution in [3.05, 3.63) is 68.0 Å². The average molecular weight is 364 g/mol. The second kappa shape index (κ2) is 6.07. The van der Waals surface area contributed by atoms with E-state index in [0.29, 0.717) is 15.2 Å². The van der Waals surface area contributed by atoms with Gasteiger partial charge < -0.3 is 4.74 Å². The Labute approximate surface area is 153 Å². The van der Waals surface area contributed by atoms with Crippen molar-refractivity contribution in [1.29, 1.82) is 0 Å². The number of thiazole rings is 1. The minimum absolute atomic E-state index is 0.0712. The van der Waals surface area contributed by atoms with E-state index in [0.717, 1.165) is 27.7 Å². The first-order valence-electron chi connectivity index (χ1n) is 8.15. The van der Waals surface area contributed by atoms with E-state index >= 15 is 0 Å². The molecule has 6 heteroatoms. The lowest BCUT2D eigenvalue weighted by Crippen LogP contribution is -2.22. The number of esters is 1. The summed E-state index contributed by atoms with van der Waals surface area (Å²) < 4.78 is 7.54. The van der Waals surface area contributed by atoms with E-state index in [2.05, 4.69) is 4.98 Å². The van der Waals surface area contributed by atoms with Crippen LogP contribution in [0.1, 0.15) is 23.6 Å². The minimum Gasteiger partial charge on any atom is -0.426 e. The minimum atomic E-state index is -0.346. The molecule has 0 spiro atoms. The Hall–Kier alpha value is -2.99. The number of benzene rings is 2. The van der Waals surface area contributed by atoms with Gasteiger partial charge in [0.25, 0.3) is 5.56 Å². The number of carbonyl (C=O) groups is 1. The molecule has 2 heterocycles. The van der Waals surface area contributed by atoms with Crippen molar-refractivity contribution in [2.24, 2.45) is 0 Å². The van der Waals surface area contributed by atoms with Crippen LogP contribution in [0.3, 0.4) is 0 Å². The van der Waals surface area contributed by atoms with E-state index in [9.17, 15) is 9.59 Å². The third kappa shape index (κ3) is 2.68. The Kier molecular flexibility index (Phi) is 3.85. The molecule has 0 bridgehead atoms. The summed E-state index contributed by atoms with van der Waals surface area (Å²) in [5, 5.41) is 0. The number of nitrogens with zero attached hydrogens (tertiary/aromatic N) is 2. The van der Waals surface area contributed by atoms with Gasteiger partial charge in [-0.2, -0.15) is 0 Å². The molecular formula is C20H16N2O3S. The first-order chi connectivity index (χ1) is 12.4. The third-order valence-corrected chi connectivity index (χ3v) is 5.14. The van der Waals surface area contributed by atoms with E-state index in [1.54, 1.807) is 4.40 Å². The second-order valence-corrected chi connectivity index (χ2v) is 7.22. The van der Waals surface area contributed by atoms with Crippen molar-refractivity contribution in [2.45, 2.75) is 20.8 Å². The van der Waals surface area contributed by atoms with E-state index in [-0.39, 0.29) is 11.5 Å². The Morgan fingerprint density at radius 2 is 1.88 bits per heavy atom. The number of hydrogen-bond acceptors (Lipinski definition) is 5. The SMILES string of the molecule is CC(=O)Oc1c(C)cc(/C=c2\sc3nc4ccccc4n3c2=O)cc1C. The van der Waals surface area contributed by atoms with Crippen LogP contribution in [0.25, 0.3) is 22.1 Å². The molecule has 0 fully saturated rings. The molecule has 0 aliphatic carbocycles. The topological polar surface area (TPSA) is 60.7 Å². The summed E-state index contributed by atoms with van der Waals surface area (Å²) in [7, 11) is 0. The smallest absolute Gasteiger partial charge is 0.308 e. The summed E-state index contributed by atoms with van der Waals surface area (Å²) in [5.74, 6) is 0.227. The van der Waals surface area contributed by atoms with Crippen molar-refractivity contribution in [2.75, 3.05) is 0 Å². The summed E-state index contributed by atoms with van der Waals surface area (Å²) >= 11 is 1.37. The third-order valence-electron chi connectivity index (χ3n) is 4.17. The summed E-state index contributed by atoms with van der Waals surface area (Å²) in [6.07, 6.45) is 1.86. The maximum absolute atomic E-state index is 12.8. The van der Waals surface area contributed by atoms with E-state index in [4.69, 9.17) is 4.74 Å². The van der Waals surface area contributed by atoms with Crippen LogP contribution < -0.4 is 14.8 Å². The summed E-state index contributed by atoms with van der Waals surface area (Å²) in [6.45, 7) is 5.15. The number of hydrogen-bond donors (Lipinski definition) is 0. The van der Waals surface area contributed by atoms with Gasteiger partial charge in [0, 0.05) is 6.92 Å². The van der Waals surface area contributed by atoms with E-state index in [1.807, 2.05) is 56.3 Å². The number of rotatable bonds is 2. The first kappa shape index (κ1) is 16.5. The van der Waals surface area contributed by atoms with Gasteiger partial charge in [0.05, 0.1) is 15.6 Å². The van der Waals surface area contributed by atoms with Gasteiger partial charge in [-0.25, -0.2) is 9.38 Å². The van der Waals surface area contributed by atoms with Gasteiger partial charge >= 0.3 is 5.97 Å². The van der Waals surface area contributed by atoms with E-state index < -0.39 is 0 Å². The number of carbonyl (C=O) groups excluding carboxylic acids is 1. The van der Waals surface area contributed by atoms with Crippen LogP contribution in [0.5, 0.6) is 5.75 Å². The van der Waals surface area contributed by atoms with Crippen LogP contribution in [-0.4, -0.2) is 15.4 Å². The molecule has 0 atom stereocenters. The highest BCUT2D eigenvalue weighted by Gasteiger charge is 2.12. The predicted molar refractivity (Wildman–Crippen MR) is 103 cm³/mol. The zero-order chi connectivity index (χ0) is 18.4. The highest BCUT2D eigenvalue weighted by atomic mass is 32.1. The molecule has 0 aliphatic rings. The lowest BCUT2D eigenvalue weighted by molar-refractivity contribution is -0.131. The van der Waals surface area contributed by atoms with Crippen molar-refractivity contribution in [1.82, 2.24) is 9.38 Å². The standard InChI is InChI=1S/C20H16N2O3S/c1-11-8-14(9-12(2)18(11)25-13(3)23)10-17-19(24)22-16-7-5-4-6-15(16)21-20(22)26-17/h4-10H,1-3H3/b17-10-. The van der Waals surface area contributed by atoms with Gasteiger partial charge in [-0.1, -0.05) is 23.5 Å². The number of para-hydroxylation sites is 2. The predicted octanol–water partition coefficient (Wildman–Crippen LogP) is 3.00. The number of ether oxygens (including phenoxy) is 1. The maximum Gasteiger partial charge on any atom is 0.308 e. The Balaban J connectivity index is 1.88. The summed E-state index contributed by atoms with van der Waals surface area (Å²) in [6, 6.07) is 11.4. The molecule has 0 amide bonds. The average Bonchev–Trinajstić information content (AvgIpc) is 3.08. The van der Waals surface area contributed by atoms with Crippen LogP contribution >= 0.6 is 11.3 Å². The fourth-order valence-corrected chi connectivity index (χ4v) is 4.12. The van der Waals surface area contributed by atoms with Gasteiger partial charge in [-0.05, 0) is 60.9 Å². The van der Waals surface area contributed by atoms with Crippen LogP contribution in [0.4, 0.5) is 0 Å². The van der Waals surface area contributed by atoms with Gasteiger partial charge in [0.1, 0.15) is 5.75 Å². The Bertz CT molecular complexity index is 1260. The molecule has 0 N–H and O–H groups in total. The molecule has 0 saturated carbocycles. The molecule has 5 nitrogen and oxygen atoms in total. The normalized spacial score (nSPS) is 12.2. The van der Waals surface area contributed by atoms with Crippen molar-refractivity contribution in [3.63, 3.8) is 0 Å². The fraction of sp³-hybridized carbons (Fsp3) is 0.150. The summed E-state index contributed by atoms with van der Waals surface area (Å²) in [4.78, 5) is 29.3. The molecule has 4 aromatic rings. The highest BCUT2D eigenvalue weighted by Crippen LogP contribution is 2.25. The number of imidazole rings is 1. The highest BCUT2D eigenvalue weighted by molar-refractivity contribution is 7.15.